The zero-order chi connectivity index (χ0) is 23.4. The molecule has 0 bridgehead atoms. The van der Waals surface area contributed by atoms with Crippen LogP contribution in [-0.2, 0) is 10.2 Å². The highest BCUT2D eigenvalue weighted by Gasteiger charge is 2.58. The first-order chi connectivity index (χ1) is 16.1. The lowest BCUT2D eigenvalue weighted by molar-refractivity contribution is -0.129. The summed E-state index contributed by atoms with van der Waals surface area (Å²) in [5.41, 5.74) is 3.10. The van der Waals surface area contributed by atoms with Crippen LogP contribution in [0.15, 0.2) is 48.5 Å². The Morgan fingerprint density at radius 1 is 1.03 bits per heavy atom. The predicted molar refractivity (Wildman–Crippen MR) is 130 cm³/mol. The highest BCUT2D eigenvalue weighted by Crippen LogP contribution is 2.53. The van der Waals surface area contributed by atoms with Gasteiger partial charge in [0.15, 0.2) is 0 Å². The van der Waals surface area contributed by atoms with Gasteiger partial charge in [-0.15, -0.1) is 0 Å². The first-order valence-corrected chi connectivity index (χ1v) is 12.3. The van der Waals surface area contributed by atoms with E-state index in [1.54, 1.807) is 0 Å². The van der Waals surface area contributed by atoms with Crippen LogP contribution in [-0.4, -0.2) is 53.7 Å². The smallest absolute Gasteiger partial charge is 0.404 e. The Kier molecular flexibility index (Phi) is 7.03. The van der Waals surface area contributed by atoms with Crippen molar-refractivity contribution in [1.29, 1.82) is 0 Å². The summed E-state index contributed by atoms with van der Waals surface area (Å²) in [5.74, 6) is -0.0349. The van der Waals surface area contributed by atoms with Crippen molar-refractivity contribution in [3.8, 4) is 11.1 Å². The molecule has 6 heteroatoms. The van der Waals surface area contributed by atoms with E-state index in [2.05, 4.69) is 46.7 Å². The van der Waals surface area contributed by atoms with Gasteiger partial charge in [-0.05, 0) is 61.0 Å². The maximum atomic E-state index is 14.3. The van der Waals surface area contributed by atoms with Crippen LogP contribution in [0.1, 0.15) is 57.1 Å². The normalized spacial score (nSPS) is 21.2. The molecule has 1 heterocycles. The number of carbonyl (C=O) groups excluding carboxylic acids is 1. The number of rotatable bonds is 8. The zero-order valence-corrected chi connectivity index (χ0v) is 19.6. The van der Waals surface area contributed by atoms with Crippen molar-refractivity contribution in [2.75, 3.05) is 19.6 Å². The van der Waals surface area contributed by atoms with Gasteiger partial charge in [-0.25, -0.2) is 4.79 Å². The Morgan fingerprint density at radius 3 is 2.24 bits per heavy atom. The summed E-state index contributed by atoms with van der Waals surface area (Å²) in [7, 11) is 0. The van der Waals surface area contributed by atoms with Gasteiger partial charge in [-0.2, -0.15) is 0 Å². The van der Waals surface area contributed by atoms with Crippen LogP contribution >= 0.6 is 0 Å². The minimum atomic E-state index is -1.04. The Hall–Kier alpha value is -2.86. The van der Waals surface area contributed by atoms with Crippen molar-refractivity contribution in [1.82, 2.24) is 15.5 Å². The molecule has 2 amide bonds. The highest BCUT2D eigenvalue weighted by molar-refractivity contribution is 6.01. The topological polar surface area (TPSA) is 81.7 Å². The van der Waals surface area contributed by atoms with Crippen molar-refractivity contribution in [3.63, 3.8) is 0 Å². The second kappa shape index (κ2) is 9.96. The third-order valence-corrected chi connectivity index (χ3v) is 7.17. The van der Waals surface area contributed by atoms with Crippen molar-refractivity contribution in [3.05, 3.63) is 59.7 Å². The quantitative estimate of drug-likeness (QED) is 0.559. The van der Waals surface area contributed by atoms with E-state index in [4.69, 9.17) is 0 Å². The number of carboxylic acid groups (broad SMARTS) is 1. The average molecular weight is 450 g/mol. The third kappa shape index (κ3) is 4.01. The van der Waals surface area contributed by atoms with Crippen molar-refractivity contribution < 1.29 is 14.7 Å². The lowest BCUT2D eigenvalue weighted by atomic mass is 9.66. The van der Waals surface area contributed by atoms with Crippen LogP contribution in [0.5, 0.6) is 0 Å². The SMILES string of the molecule is CCCCN1CCCC(NC(=O)O)C1C1(C(=O)NCCC)c2ccccc2-c2ccccc21. The number of unbranched alkanes of at least 4 members (excludes halogenated alkanes) is 1. The molecule has 2 atom stereocenters. The summed E-state index contributed by atoms with van der Waals surface area (Å²) >= 11 is 0. The largest absolute Gasteiger partial charge is 0.465 e. The Balaban J connectivity index is 1.98. The lowest BCUT2D eigenvalue weighted by Crippen LogP contribution is -2.67. The van der Waals surface area contributed by atoms with Gasteiger partial charge in [0, 0.05) is 12.6 Å². The Bertz CT molecular complexity index is 960. The fourth-order valence-corrected chi connectivity index (χ4v) is 5.91. The molecule has 1 aliphatic heterocycles. The Labute approximate surface area is 196 Å². The fraction of sp³-hybridized carbons (Fsp3) is 0.481. The molecule has 1 saturated heterocycles. The average Bonchev–Trinajstić information content (AvgIpc) is 3.12. The first kappa shape index (κ1) is 23.3. The number of hydrogen-bond acceptors (Lipinski definition) is 3. The first-order valence-electron chi connectivity index (χ1n) is 12.3. The molecule has 1 fully saturated rings. The van der Waals surface area contributed by atoms with Gasteiger partial charge in [-0.1, -0.05) is 68.8 Å². The van der Waals surface area contributed by atoms with Gasteiger partial charge in [0.2, 0.25) is 5.91 Å². The van der Waals surface area contributed by atoms with Crippen LogP contribution in [0.2, 0.25) is 0 Å². The van der Waals surface area contributed by atoms with Gasteiger partial charge in [0.25, 0.3) is 0 Å². The molecular weight excluding hydrogens is 414 g/mol. The number of benzene rings is 2. The summed E-state index contributed by atoms with van der Waals surface area (Å²) in [6, 6.07) is 15.6. The van der Waals surface area contributed by atoms with Gasteiger partial charge in [0.1, 0.15) is 5.41 Å². The second-order valence-corrected chi connectivity index (χ2v) is 9.19. The van der Waals surface area contributed by atoms with Crippen LogP contribution in [0.25, 0.3) is 11.1 Å². The predicted octanol–water partition coefficient (Wildman–Crippen LogP) is 4.38. The Morgan fingerprint density at radius 2 is 1.67 bits per heavy atom. The summed E-state index contributed by atoms with van der Waals surface area (Å²) in [5, 5.41) is 15.7. The fourth-order valence-electron chi connectivity index (χ4n) is 5.91. The number of nitrogens with zero attached hydrogens (tertiary/aromatic N) is 1. The van der Waals surface area contributed by atoms with Crippen molar-refractivity contribution >= 4 is 12.0 Å². The lowest BCUT2D eigenvalue weighted by Gasteiger charge is -2.50. The maximum Gasteiger partial charge on any atom is 0.404 e. The number of hydrogen-bond donors (Lipinski definition) is 3. The number of carbonyl (C=O) groups is 2. The van der Waals surface area contributed by atoms with E-state index in [9.17, 15) is 14.7 Å². The highest BCUT2D eigenvalue weighted by atomic mass is 16.4. The van der Waals surface area contributed by atoms with Gasteiger partial charge in [0.05, 0.1) is 6.04 Å². The number of nitrogens with one attached hydrogen (secondary N) is 2. The number of likely N-dealkylation sites (tertiary alicyclic amines) is 1. The molecule has 2 unspecified atom stereocenters. The monoisotopic (exact) mass is 449 g/mol. The van der Waals surface area contributed by atoms with Gasteiger partial charge >= 0.3 is 6.09 Å². The zero-order valence-electron chi connectivity index (χ0n) is 19.6. The summed E-state index contributed by atoms with van der Waals surface area (Å²) in [4.78, 5) is 28.5. The molecule has 0 spiro atoms. The molecule has 1 aliphatic carbocycles. The molecule has 33 heavy (non-hydrogen) atoms. The minimum absolute atomic E-state index is 0.0349. The molecule has 0 radical (unpaired) electrons. The summed E-state index contributed by atoms with van der Waals surface area (Å²) in [6.45, 7) is 6.49. The van der Waals surface area contributed by atoms with E-state index < -0.39 is 11.5 Å². The minimum Gasteiger partial charge on any atom is -0.465 e. The van der Waals surface area contributed by atoms with Crippen molar-refractivity contribution in [2.24, 2.45) is 0 Å². The molecule has 2 aromatic carbocycles. The summed E-state index contributed by atoms with van der Waals surface area (Å²) in [6.07, 6.45) is 3.47. The summed E-state index contributed by atoms with van der Waals surface area (Å²) < 4.78 is 0. The van der Waals surface area contributed by atoms with E-state index in [0.717, 1.165) is 61.0 Å². The molecular formula is C27H35N3O3. The van der Waals surface area contributed by atoms with Crippen LogP contribution in [0, 0.1) is 0 Å². The molecule has 176 valence electrons. The maximum absolute atomic E-state index is 14.3. The van der Waals surface area contributed by atoms with Crippen LogP contribution in [0.3, 0.4) is 0 Å². The van der Waals surface area contributed by atoms with E-state index in [-0.39, 0.29) is 18.0 Å². The van der Waals surface area contributed by atoms with Gasteiger partial charge < -0.3 is 15.7 Å². The van der Waals surface area contributed by atoms with Gasteiger partial charge in [-0.3, -0.25) is 9.69 Å². The van der Waals surface area contributed by atoms with Crippen LogP contribution < -0.4 is 10.6 Å². The van der Waals surface area contributed by atoms with Crippen LogP contribution in [0.4, 0.5) is 4.79 Å². The molecule has 3 N–H and O–H groups in total. The standard InChI is InChI=1S/C27H35N3O3/c1-3-5-17-30-18-10-15-23(29-26(32)33)24(30)27(25(31)28-16-4-2)21-13-8-6-11-19(21)20-12-7-9-14-22(20)27/h6-9,11-14,23-24,29H,3-5,10,15-18H2,1-2H3,(H,28,31)(H,32,33). The van der Waals surface area contributed by atoms with E-state index >= 15 is 0 Å². The van der Waals surface area contributed by atoms with Crippen molar-refractivity contribution in [2.45, 2.75) is 63.5 Å². The molecule has 4 rings (SSSR count). The molecule has 6 nitrogen and oxygen atoms in total. The number of amides is 2. The molecule has 0 aromatic heterocycles. The molecule has 2 aliphatic rings. The van der Waals surface area contributed by atoms with E-state index in [0.29, 0.717) is 13.0 Å². The number of piperidine rings is 1. The second-order valence-electron chi connectivity index (χ2n) is 9.19. The van der Waals surface area contributed by atoms with E-state index in [1.165, 1.54) is 0 Å². The molecule has 0 saturated carbocycles. The van der Waals surface area contributed by atoms with E-state index in [1.807, 2.05) is 31.2 Å². The molecule has 2 aromatic rings. The third-order valence-electron chi connectivity index (χ3n) is 7.17. The number of fused-ring (bicyclic) bond motifs is 3.